The molecule has 0 aliphatic carbocycles. The van der Waals surface area contributed by atoms with Crippen LogP contribution >= 0.6 is 30.6 Å². The van der Waals surface area contributed by atoms with Gasteiger partial charge in [-0.3, -0.25) is 0 Å². The maximum atomic E-state index is 2.31. The summed E-state index contributed by atoms with van der Waals surface area (Å²) in [5, 5.41) is 4.39. The molecule has 0 N–H and O–H groups in total. The second-order valence-electron chi connectivity index (χ2n) is 7.16. The highest BCUT2D eigenvalue weighted by atomic mass is 32.1. The zero-order valence-corrected chi connectivity index (χ0v) is 19.6. The summed E-state index contributed by atoms with van der Waals surface area (Å²) in [5.41, 5.74) is 4.40. The summed E-state index contributed by atoms with van der Waals surface area (Å²) < 4.78 is 0. The molecule has 0 saturated heterocycles. The standard InChI is InChI=1S/C25H25PS2/c1-16-17(2)27-18(3)23(16)24-19(4)28-20(5)25(24)26(21-12-8-6-9-13-21)22-14-10-7-11-15-22/h6-15H,1-5H3. The Hall–Kier alpha value is -1.73. The largest absolute Gasteiger partial charge is 0.145 e. The molecule has 0 nitrogen and oxygen atoms in total. The summed E-state index contributed by atoms with van der Waals surface area (Å²) in [7, 11) is -0.591. The van der Waals surface area contributed by atoms with Gasteiger partial charge in [0.25, 0.3) is 0 Å². The predicted molar refractivity (Wildman–Crippen MR) is 130 cm³/mol. The zero-order valence-electron chi connectivity index (χ0n) is 17.0. The fourth-order valence-corrected chi connectivity index (χ4v) is 9.05. The average Bonchev–Trinajstić information content (AvgIpc) is 3.11. The molecular weight excluding hydrogens is 395 g/mol. The van der Waals surface area contributed by atoms with Gasteiger partial charge in [0, 0.05) is 35.9 Å². The van der Waals surface area contributed by atoms with Crippen LogP contribution in [0, 0.1) is 34.6 Å². The molecule has 0 unspecified atom stereocenters. The SMILES string of the molecule is Cc1sc(C)c(-c2c(C)sc(C)c2P(c2ccccc2)c2ccccc2)c1C. The predicted octanol–water partition coefficient (Wildman–Crippen LogP) is 6.78. The molecule has 0 spiro atoms. The summed E-state index contributed by atoms with van der Waals surface area (Å²) in [5.74, 6) is 0. The van der Waals surface area contributed by atoms with E-state index >= 15 is 0 Å². The van der Waals surface area contributed by atoms with E-state index in [0.29, 0.717) is 0 Å². The number of benzene rings is 2. The topological polar surface area (TPSA) is 0 Å². The summed E-state index contributed by atoms with van der Waals surface area (Å²) in [6.45, 7) is 11.4. The molecule has 0 atom stereocenters. The number of rotatable bonds is 4. The minimum Gasteiger partial charge on any atom is -0.145 e. The molecule has 0 amide bonds. The maximum absolute atomic E-state index is 2.31. The van der Waals surface area contributed by atoms with Crippen molar-refractivity contribution in [2.24, 2.45) is 0 Å². The van der Waals surface area contributed by atoms with Crippen molar-refractivity contribution in [3.8, 4) is 11.1 Å². The number of hydrogen-bond acceptors (Lipinski definition) is 2. The van der Waals surface area contributed by atoms with Gasteiger partial charge in [0.1, 0.15) is 0 Å². The van der Waals surface area contributed by atoms with Gasteiger partial charge < -0.3 is 0 Å². The third-order valence-corrected chi connectivity index (χ3v) is 10.2. The molecule has 4 aromatic rings. The monoisotopic (exact) mass is 420 g/mol. The highest BCUT2D eigenvalue weighted by Gasteiger charge is 2.27. The van der Waals surface area contributed by atoms with Crippen LogP contribution in [0.15, 0.2) is 60.7 Å². The normalized spacial score (nSPS) is 11.4. The lowest BCUT2D eigenvalue weighted by Crippen LogP contribution is -2.22. The zero-order chi connectivity index (χ0) is 19.8. The van der Waals surface area contributed by atoms with Gasteiger partial charge in [-0.15, -0.1) is 22.7 Å². The van der Waals surface area contributed by atoms with E-state index in [1.54, 1.807) is 5.30 Å². The van der Waals surface area contributed by atoms with E-state index in [1.807, 2.05) is 22.7 Å². The van der Waals surface area contributed by atoms with Crippen molar-refractivity contribution in [1.82, 2.24) is 0 Å². The van der Waals surface area contributed by atoms with Crippen molar-refractivity contribution < 1.29 is 0 Å². The summed E-state index contributed by atoms with van der Waals surface area (Å²) in [6, 6.07) is 22.1. The Morgan fingerprint density at radius 1 is 0.536 bits per heavy atom. The molecule has 4 rings (SSSR count). The molecule has 142 valence electrons. The van der Waals surface area contributed by atoms with E-state index in [9.17, 15) is 0 Å². The van der Waals surface area contributed by atoms with Gasteiger partial charge in [-0.2, -0.15) is 0 Å². The Balaban J connectivity index is 2.04. The second kappa shape index (κ2) is 7.95. The molecule has 2 aromatic heterocycles. The first-order valence-corrected chi connectivity index (χ1v) is 12.5. The van der Waals surface area contributed by atoms with Crippen LogP contribution in [0.4, 0.5) is 0 Å². The van der Waals surface area contributed by atoms with Crippen LogP contribution in [0.3, 0.4) is 0 Å². The second-order valence-corrected chi connectivity index (χ2v) is 12.2. The van der Waals surface area contributed by atoms with Crippen molar-refractivity contribution in [1.29, 1.82) is 0 Å². The highest BCUT2D eigenvalue weighted by Crippen LogP contribution is 2.46. The number of hydrogen-bond donors (Lipinski definition) is 0. The van der Waals surface area contributed by atoms with Crippen LogP contribution in [0.5, 0.6) is 0 Å². The van der Waals surface area contributed by atoms with E-state index < -0.39 is 7.92 Å². The molecule has 3 heteroatoms. The van der Waals surface area contributed by atoms with Gasteiger partial charge in [0.15, 0.2) is 0 Å². The number of aryl methyl sites for hydroxylation is 4. The van der Waals surface area contributed by atoms with Crippen molar-refractivity contribution in [3.63, 3.8) is 0 Å². The van der Waals surface area contributed by atoms with Crippen molar-refractivity contribution in [2.75, 3.05) is 0 Å². The van der Waals surface area contributed by atoms with E-state index in [1.165, 1.54) is 46.8 Å². The van der Waals surface area contributed by atoms with Crippen molar-refractivity contribution in [3.05, 3.63) is 85.7 Å². The quantitative estimate of drug-likeness (QED) is 0.319. The van der Waals surface area contributed by atoms with Crippen molar-refractivity contribution in [2.45, 2.75) is 34.6 Å². The third kappa shape index (κ3) is 3.39. The minimum atomic E-state index is -0.591. The molecule has 2 heterocycles. The van der Waals surface area contributed by atoms with Crippen LogP contribution in [0.2, 0.25) is 0 Å². The molecule has 0 bridgehead atoms. The molecular formula is C25H25PS2. The fraction of sp³-hybridized carbons (Fsp3) is 0.200. The molecule has 28 heavy (non-hydrogen) atoms. The lowest BCUT2D eigenvalue weighted by atomic mass is 10.0. The lowest BCUT2D eigenvalue weighted by molar-refractivity contribution is 1.42. The van der Waals surface area contributed by atoms with Gasteiger partial charge >= 0.3 is 0 Å². The van der Waals surface area contributed by atoms with Crippen LogP contribution in [0.25, 0.3) is 11.1 Å². The Kier molecular flexibility index (Phi) is 5.56. The third-order valence-electron chi connectivity index (χ3n) is 5.29. The van der Waals surface area contributed by atoms with E-state index in [2.05, 4.69) is 95.3 Å². The fourth-order valence-electron chi connectivity index (χ4n) is 3.96. The molecule has 0 aliphatic heterocycles. The lowest BCUT2D eigenvalue weighted by Gasteiger charge is -2.22. The molecule has 0 fully saturated rings. The maximum Gasteiger partial charge on any atom is 0.0107 e. The van der Waals surface area contributed by atoms with Crippen LogP contribution < -0.4 is 15.9 Å². The summed E-state index contributed by atoms with van der Waals surface area (Å²) in [4.78, 5) is 5.77. The Labute approximate surface area is 177 Å². The summed E-state index contributed by atoms with van der Waals surface area (Å²) >= 11 is 3.89. The molecule has 0 aliphatic rings. The number of thiophene rings is 2. The molecule has 2 aromatic carbocycles. The van der Waals surface area contributed by atoms with Crippen LogP contribution in [-0.4, -0.2) is 0 Å². The van der Waals surface area contributed by atoms with Gasteiger partial charge in [-0.25, -0.2) is 0 Å². The first kappa shape index (κ1) is 19.6. The van der Waals surface area contributed by atoms with Crippen LogP contribution in [0.1, 0.15) is 25.1 Å². The first-order chi connectivity index (χ1) is 13.5. The Morgan fingerprint density at radius 3 is 1.46 bits per heavy atom. The van der Waals surface area contributed by atoms with E-state index in [4.69, 9.17) is 0 Å². The minimum absolute atomic E-state index is 0.591. The molecule has 0 radical (unpaired) electrons. The van der Waals surface area contributed by atoms with E-state index in [-0.39, 0.29) is 0 Å². The van der Waals surface area contributed by atoms with Gasteiger partial charge in [-0.05, 0) is 58.7 Å². The average molecular weight is 421 g/mol. The first-order valence-electron chi connectivity index (χ1n) is 9.56. The van der Waals surface area contributed by atoms with Gasteiger partial charge in [-0.1, -0.05) is 60.7 Å². The van der Waals surface area contributed by atoms with Gasteiger partial charge in [0.2, 0.25) is 0 Å². The van der Waals surface area contributed by atoms with E-state index in [0.717, 1.165) is 0 Å². The van der Waals surface area contributed by atoms with Crippen molar-refractivity contribution >= 4 is 46.5 Å². The molecule has 0 saturated carbocycles. The highest BCUT2D eigenvalue weighted by molar-refractivity contribution is 7.80. The Bertz CT molecular complexity index is 1070. The van der Waals surface area contributed by atoms with Crippen LogP contribution in [-0.2, 0) is 0 Å². The smallest absolute Gasteiger partial charge is 0.0107 e. The van der Waals surface area contributed by atoms with Gasteiger partial charge in [0.05, 0.1) is 0 Å². The Morgan fingerprint density at radius 2 is 1.00 bits per heavy atom. The summed E-state index contributed by atoms with van der Waals surface area (Å²) in [6.07, 6.45) is 0.